The number of carboxylic acid groups (broad SMARTS) is 1. The minimum Gasteiger partial charge on any atom is -0.481 e. The highest BCUT2D eigenvalue weighted by atomic mass is 16.5. The molecule has 158 valence electrons. The van der Waals surface area contributed by atoms with E-state index in [1.807, 2.05) is 31.2 Å². The van der Waals surface area contributed by atoms with Crippen LogP contribution in [0.1, 0.15) is 49.6 Å². The number of aryl methyl sites for hydroxylation is 2. The summed E-state index contributed by atoms with van der Waals surface area (Å²) in [5.74, 6) is 0.546. The minimum absolute atomic E-state index is 0.174. The number of hydrogen-bond donors (Lipinski definition) is 1. The van der Waals surface area contributed by atoms with Gasteiger partial charge in [0, 0.05) is 12.2 Å². The molecule has 1 N–H and O–H groups in total. The van der Waals surface area contributed by atoms with Crippen LogP contribution in [-0.2, 0) is 20.9 Å². The van der Waals surface area contributed by atoms with Crippen molar-refractivity contribution in [1.82, 2.24) is 4.98 Å². The molecule has 2 aromatic rings. The zero-order valence-electron chi connectivity index (χ0n) is 17.5. The fourth-order valence-electron chi connectivity index (χ4n) is 3.61. The lowest BCUT2D eigenvalue weighted by molar-refractivity contribution is -0.143. The molecule has 1 aliphatic carbocycles. The first kappa shape index (κ1) is 21.5. The molecular formula is C23H31NO5. The number of carbonyl (C=O) groups is 1. The van der Waals surface area contributed by atoms with Gasteiger partial charge < -0.3 is 19.0 Å². The Morgan fingerprint density at radius 2 is 2.03 bits per heavy atom. The van der Waals surface area contributed by atoms with Crippen molar-refractivity contribution >= 4 is 5.97 Å². The Bertz CT molecular complexity index is 798. The molecule has 1 heterocycles. The van der Waals surface area contributed by atoms with Gasteiger partial charge in [0.25, 0.3) is 0 Å². The van der Waals surface area contributed by atoms with E-state index < -0.39 is 11.9 Å². The summed E-state index contributed by atoms with van der Waals surface area (Å²) in [5, 5.41) is 8.93. The molecule has 6 heteroatoms. The second kappa shape index (κ2) is 10.0. The summed E-state index contributed by atoms with van der Waals surface area (Å²) in [6, 6.07) is 8.13. The van der Waals surface area contributed by atoms with Crippen molar-refractivity contribution in [2.75, 3.05) is 13.2 Å². The zero-order chi connectivity index (χ0) is 20.8. The van der Waals surface area contributed by atoms with Crippen molar-refractivity contribution in [2.45, 2.75) is 59.2 Å². The summed E-state index contributed by atoms with van der Waals surface area (Å²) < 4.78 is 17.6. The predicted molar refractivity (Wildman–Crippen MR) is 110 cm³/mol. The SMILES string of the molecule is Cc1ccc(-c2nc(COC3CCCC(COCC(C)C(=O)O)C3)c(C)o2)cc1. The Hall–Kier alpha value is -2.18. The van der Waals surface area contributed by atoms with Crippen LogP contribution in [0.25, 0.3) is 11.5 Å². The molecule has 3 rings (SSSR count). The van der Waals surface area contributed by atoms with Crippen molar-refractivity contribution in [2.24, 2.45) is 11.8 Å². The Morgan fingerprint density at radius 3 is 2.76 bits per heavy atom. The van der Waals surface area contributed by atoms with Gasteiger partial charge in [0.1, 0.15) is 11.5 Å². The van der Waals surface area contributed by atoms with Crippen LogP contribution >= 0.6 is 0 Å². The van der Waals surface area contributed by atoms with E-state index in [4.69, 9.17) is 19.0 Å². The Balaban J connectivity index is 1.48. The van der Waals surface area contributed by atoms with Crippen molar-refractivity contribution in [3.8, 4) is 11.5 Å². The molecule has 1 fully saturated rings. The van der Waals surface area contributed by atoms with Gasteiger partial charge in [-0.15, -0.1) is 0 Å². The third kappa shape index (κ3) is 6.15. The summed E-state index contributed by atoms with van der Waals surface area (Å²) in [6.45, 7) is 6.94. The standard InChI is InChI=1S/C23H31NO5/c1-15-7-9-19(10-8-15)22-24-21(17(3)29-22)14-28-20-6-4-5-18(11-20)13-27-12-16(2)23(25)26/h7-10,16,18,20H,4-6,11-14H2,1-3H3,(H,25,26). The van der Waals surface area contributed by atoms with Crippen molar-refractivity contribution in [3.05, 3.63) is 41.3 Å². The van der Waals surface area contributed by atoms with E-state index in [2.05, 4.69) is 11.9 Å². The molecule has 0 aliphatic heterocycles. The number of oxazole rings is 1. The molecule has 1 aliphatic rings. The van der Waals surface area contributed by atoms with Crippen LogP contribution < -0.4 is 0 Å². The molecule has 1 aromatic heterocycles. The Labute approximate surface area is 172 Å². The van der Waals surface area contributed by atoms with Crippen LogP contribution in [0, 0.1) is 25.7 Å². The monoisotopic (exact) mass is 401 g/mol. The number of nitrogens with zero attached hydrogens (tertiary/aromatic N) is 1. The molecule has 0 amide bonds. The molecule has 0 bridgehead atoms. The highest BCUT2D eigenvalue weighted by molar-refractivity contribution is 5.69. The molecule has 0 saturated heterocycles. The number of aromatic nitrogens is 1. The first-order valence-corrected chi connectivity index (χ1v) is 10.4. The molecule has 1 aromatic carbocycles. The lowest BCUT2D eigenvalue weighted by atomic mass is 9.88. The third-order valence-corrected chi connectivity index (χ3v) is 5.52. The van der Waals surface area contributed by atoms with E-state index in [1.54, 1.807) is 6.92 Å². The number of rotatable bonds is 9. The molecular weight excluding hydrogens is 370 g/mol. The van der Waals surface area contributed by atoms with Gasteiger partial charge in [0.2, 0.25) is 5.89 Å². The van der Waals surface area contributed by atoms with Crippen LogP contribution in [0.3, 0.4) is 0 Å². The zero-order valence-corrected chi connectivity index (χ0v) is 17.5. The summed E-state index contributed by atoms with van der Waals surface area (Å²) in [6.07, 6.45) is 4.34. The van der Waals surface area contributed by atoms with Gasteiger partial charge in [-0.2, -0.15) is 0 Å². The first-order chi connectivity index (χ1) is 13.9. The summed E-state index contributed by atoms with van der Waals surface area (Å²) in [5.41, 5.74) is 3.01. The van der Waals surface area contributed by atoms with Crippen LogP contribution in [0.15, 0.2) is 28.7 Å². The van der Waals surface area contributed by atoms with Crippen molar-refractivity contribution < 1.29 is 23.8 Å². The molecule has 6 nitrogen and oxygen atoms in total. The predicted octanol–water partition coefficient (Wildman–Crippen LogP) is 4.77. The van der Waals surface area contributed by atoms with E-state index in [0.717, 1.165) is 42.7 Å². The maximum atomic E-state index is 10.9. The van der Waals surface area contributed by atoms with Crippen LogP contribution in [-0.4, -0.2) is 35.4 Å². The molecule has 1 saturated carbocycles. The minimum atomic E-state index is -0.817. The van der Waals surface area contributed by atoms with E-state index in [1.165, 1.54) is 5.56 Å². The van der Waals surface area contributed by atoms with Gasteiger partial charge >= 0.3 is 5.97 Å². The first-order valence-electron chi connectivity index (χ1n) is 10.4. The maximum absolute atomic E-state index is 10.9. The van der Waals surface area contributed by atoms with Gasteiger partial charge in [-0.3, -0.25) is 4.79 Å². The third-order valence-electron chi connectivity index (χ3n) is 5.52. The second-order valence-electron chi connectivity index (χ2n) is 8.13. The largest absolute Gasteiger partial charge is 0.481 e. The van der Waals surface area contributed by atoms with Crippen LogP contribution in [0.2, 0.25) is 0 Å². The van der Waals surface area contributed by atoms with E-state index in [-0.39, 0.29) is 12.7 Å². The van der Waals surface area contributed by atoms with Crippen LogP contribution in [0.5, 0.6) is 0 Å². The van der Waals surface area contributed by atoms with E-state index >= 15 is 0 Å². The lowest BCUT2D eigenvalue weighted by Gasteiger charge is -2.29. The molecule has 0 spiro atoms. The lowest BCUT2D eigenvalue weighted by Crippen LogP contribution is -2.27. The Morgan fingerprint density at radius 1 is 1.28 bits per heavy atom. The Kier molecular flexibility index (Phi) is 7.45. The van der Waals surface area contributed by atoms with Gasteiger partial charge in [0.05, 0.1) is 25.2 Å². The van der Waals surface area contributed by atoms with E-state index in [0.29, 0.717) is 25.0 Å². The van der Waals surface area contributed by atoms with E-state index in [9.17, 15) is 4.79 Å². The fourth-order valence-corrected chi connectivity index (χ4v) is 3.61. The number of ether oxygens (including phenoxy) is 2. The summed E-state index contributed by atoms with van der Waals surface area (Å²) in [4.78, 5) is 15.5. The van der Waals surface area contributed by atoms with Gasteiger partial charge in [-0.05, 0) is 58.1 Å². The smallest absolute Gasteiger partial charge is 0.308 e. The summed E-state index contributed by atoms with van der Waals surface area (Å²) >= 11 is 0. The van der Waals surface area contributed by atoms with Crippen molar-refractivity contribution in [3.63, 3.8) is 0 Å². The molecule has 3 unspecified atom stereocenters. The number of carboxylic acids is 1. The average Bonchev–Trinajstić information content (AvgIpc) is 3.07. The summed E-state index contributed by atoms with van der Waals surface area (Å²) in [7, 11) is 0. The molecule has 3 atom stereocenters. The quantitative estimate of drug-likeness (QED) is 0.652. The number of aliphatic carboxylic acids is 1. The van der Waals surface area contributed by atoms with Gasteiger partial charge in [-0.25, -0.2) is 4.98 Å². The topological polar surface area (TPSA) is 81.8 Å². The maximum Gasteiger partial charge on any atom is 0.308 e. The number of benzene rings is 1. The second-order valence-corrected chi connectivity index (χ2v) is 8.13. The number of hydrogen-bond acceptors (Lipinski definition) is 5. The average molecular weight is 402 g/mol. The van der Waals surface area contributed by atoms with Gasteiger partial charge in [0.15, 0.2) is 0 Å². The van der Waals surface area contributed by atoms with Gasteiger partial charge in [-0.1, -0.05) is 24.1 Å². The van der Waals surface area contributed by atoms with Crippen LogP contribution in [0.4, 0.5) is 0 Å². The molecule has 0 radical (unpaired) electrons. The van der Waals surface area contributed by atoms with Crippen molar-refractivity contribution in [1.29, 1.82) is 0 Å². The molecule has 29 heavy (non-hydrogen) atoms. The highest BCUT2D eigenvalue weighted by Crippen LogP contribution is 2.28. The highest BCUT2D eigenvalue weighted by Gasteiger charge is 2.24. The fraction of sp³-hybridized carbons (Fsp3) is 0.565. The normalized spacial score (nSPS) is 20.5.